The summed E-state index contributed by atoms with van der Waals surface area (Å²) in [5, 5.41) is 0. The summed E-state index contributed by atoms with van der Waals surface area (Å²) >= 11 is 0. The summed E-state index contributed by atoms with van der Waals surface area (Å²) in [5.74, 6) is -1.08. The molecule has 0 fully saturated rings. The van der Waals surface area contributed by atoms with Gasteiger partial charge in [-0.3, -0.25) is 14.4 Å². The lowest BCUT2D eigenvalue weighted by atomic mass is 10.1. The molecule has 384 valence electrons. The summed E-state index contributed by atoms with van der Waals surface area (Å²) in [7, 11) is 0. The Morgan fingerprint density at radius 1 is 0.324 bits per heavy atom. The molecule has 6 nitrogen and oxygen atoms in total. The Labute approximate surface area is 418 Å². The minimum absolute atomic E-state index is 0.118. The fourth-order valence-electron chi connectivity index (χ4n) is 7.15. The van der Waals surface area contributed by atoms with E-state index in [9.17, 15) is 14.4 Å². The molecule has 0 aliphatic carbocycles. The maximum atomic E-state index is 12.8. The minimum Gasteiger partial charge on any atom is -0.462 e. The zero-order valence-corrected chi connectivity index (χ0v) is 43.8. The standard InChI is InChI=1S/C62H100O6/c1-4-7-10-13-16-19-22-25-28-30-31-32-35-37-40-43-46-49-52-55-61(64)67-58-59(57-66-60(63)54-51-48-45-42-39-36-33-27-24-21-18-15-12-9-6-3)68-62(65)56-53-50-47-44-41-38-34-29-26-23-20-17-14-11-8-5-2/h7,9-10,12,16,18-19,21,25,27-29,31-34,39,42,48,51,59H,4-6,8,11,13-15,17,20,22-24,26,30,35-38,40-41,43-47,49-50,52-58H2,1-3H3/b10-7-,12-9-,19-16-,21-18-,28-25-,32-31-,33-27-,34-29-,42-39-,51-48-. The van der Waals surface area contributed by atoms with Crippen molar-refractivity contribution in [2.24, 2.45) is 0 Å². The molecule has 0 heterocycles. The lowest BCUT2D eigenvalue weighted by molar-refractivity contribution is -0.166. The lowest BCUT2D eigenvalue weighted by Gasteiger charge is -2.18. The van der Waals surface area contributed by atoms with Gasteiger partial charge in [0.15, 0.2) is 6.10 Å². The van der Waals surface area contributed by atoms with E-state index < -0.39 is 12.1 Å². The van der Waals surface area contributed by atoms with Crippen molar-refractivity contribution in [3.05, 3.63) is 122 Å². The molecule has 0 aliphatic heterocycles. The van der Waals surface area contributed by atoms with E-state index in [2.05, 4.69) is 130 Å². The van der Waals surface area contributed by atoms with Gasteiger partial charge in [-0.05, 0) is 109 Å². The molecule has 0 saturated heterocycles. The first kappa shape index (κ1) is 63.8. The van der Waals surface area contributed by atoms with Crippen molar-refractivity contribution in [1.82, 2.24) is 0 Å². The molecule has 68 heavy (non-hydrogen) atoms. The topological polar surface area (TPSA) is 78.9 Å². The molecule has 1 atom stereocenters. The molecule has 0 radical (unpaired) electrons. The highest BCUT2D eigenvalue weighted by atomic mass is 16.6. The van der Waals surface area contributed by atoms with Gasteiger partial charge in [-0.2, -0.15) is 0 Å². The van der Waals surface area contributed by atoms with Gasteiger partial charge in [0.1, 0.15) is 13.2 Å². The second-order valence-electron chi connectivity index (χ2n) is 17.7. The maximum Gasteiger partial charge on any atom is 0.309 e. The van der Waals surface area contributed by atoms with Crippen molar-refractivity contribution in [3.8, 4) is 0 Å². The number of allylic oxidation sites excluding steroid dienone is 19. The van der Waals surface area contributed by atoms with Crippen LogP contribution in [0.2, 0.25) is 0 Å². The SMILES string of the molecule is CC/C=C\C/C=C\C/C=C\C/C=C\C/C=C\CC(=O)OCC(COC(=O)CCCCCCCC/C=C\C/C=C\C/C=C\C/C=C\CC)OC(=O)CCCCCCC/C=C\CCCCCCCCC. The van der Waals surface area contributed by atoms with Crippen LogP contribution in [0.3, 0.4) is 0 Å². The van der Waals surface area contributed by atoms with Gasteiger partial charge in [-0.1, -0.05) is 226 Å². The second-order valence-corrected chi connectivity index (χ2v) is 17.7. The summed E-state index contributed by atoms with van der Waals surface area (Å²) in [5.41, 5.74) is 0. The van der Waals surface area contributed by atoms with Gasteiger partial charge in [0.05, 0.1) is 6.42 Å². The third-order valence-electron chi connectivity index (χ3n) is 11.2. The molecule has 0 aliphatic rings. The third kappa shape index (κ3) is 52.8. The molecule has 0 rings (SSSR count). The predicted octanol–water partition coefficient (Wildman–Crippen LogP) is 18.5. The van der Waals surface area contributed by atoms with E-state index in [0.717, 1.165) is 122 Å². The van der Waals surface area contributed by atoms with Gasteiger partial charge in [0, 0.05) is 12.8 Å². The van der Waals surface area contributed by atoms with Gasteiger partial charge >= 0.3 is 17.9 Å². The molecule has 0 spiro atoms. The molecule has 0 saturated carbocycles. The van der Waals surface area contributed by atoms with Crippen molar-refractivity contribution < 1.29 is 28.6 Å². The van der Waals surface area contributed by atoms with E-state index >= 15 is 0 Å². The van der Waals surface area contributed by atoms with Gasteiger partial charge in [0.25, 0.3) is 0 Å². The van der Waals surface area contributed by atoms with E-state index in [1.807, 2.05) is 6.08 Å². The van der Waals surface area contributed by atoms with E-state index in [-0.39, 0.29) is 31.6 Å². The number of hydrogen-bond acceptors (Lipinski definition) is 6. The highest BCUT2D eigenvalue weighted by molar-refractivity contribution is 5.72. The molecular formula is C62H100O6. The predicted molar refractivity (Wildman–Crippen MR) is 293 cm³/mol. The van der Waals surface area contributed by atoms with Crippen molar-refractivity contribution in [2.75, 3.05) is 13.2 Å². The quantitative estimate of drug-likeness (QED) is 0.0262. The first-order valence-electron chi connectivity index (χ1n) is 27.5. The van der Waals surface area contributed by atoms with Crippen LogP contribution in [-0.4, -0.2) is 37.2 Å². The van der Waals surface area contributed by atoms with Gasteiger partial charge in [-0.25, -0.2) is 0 Å². The monoisotopic (exact) mass is 941 g/mol. The van der Waals surface area contributed by atoms with Gasteiger partial charge < -0.3 is 14.2 Å². The molecule has 0 aromatic carbocycles. The largest absolute Gasteiger partial charge is 0.462 e. The van der Waals surface area contributed by atoms with Crippen LogP contribution < -0.4 is 0 Å². The summed E-state index contributed by atoms with van der Waals surface area (Å²) in [6.07, 6.45) is 76.4. The van der Waals surface area contributed by atoms with Crippen LogP contribution in [0.1, 0.15) is 233 Å². The number of unbranched alkanes of at least 4 members (excludes halogenated alkanes) is 18. The van der Waals surface area contributed by atoms with Crippen LogP contribution in [0.5, 0.6) is 0 Å². The van der Waals surface area contributed by atoms with Gasteiger partial charge in [-0.15, -0.1) is 0 Å². The Kier molecular flexibility index (Phi) is 52.0. The summed E-state index contributed by atoms with van der Waals surface area (Å²) < 4.78 is 16.7. The van der Waals surface area contributed by atoms with E-state index in [4.69, 9.17) is 14.2 Å². The van der Waals surface area contributed by atoms with Crippen LogP contribution in [-0.2, 0) is 28.6 Å². The Morgan fingerprint density at radius 2 is 0.632 bits per heavy atom. The van der Waals surface area contributed by atoms with Crippen LogP contribution in [0.4, 0.5) is 0 Å². The highest BCUT2D eigenvalue weighted by Gasteiger charge is 2.19. The average Bonchev–Trinajstić information content (AvgIpc) is 3.34. The first-order valence-corrected chi connectivity index (χ1v) is 27.5. The lowest BCUT2D eigenvalue weighted by Crippen LogP contribution is -2.30. The summed E-state index contributed by atoms with van der Waals surface area (Å²) in [6, 6.07) is 0. The number of carbonyl (C=O) groups is 3. The Morgan fingerprint density at radius 3 is 1.04 bits per heavy atom. The van der Waals surface area contributed by atoms with Crippen LogP contribution in [0.25, 0.3) is 0 Å². The fraction of sp³-hybridized carbons (Fsp3) is 0.629. The Bertz CT molecular complexity index is 1450. The number of rotatable bonds is 48. The van der Waals surface area contributed by atoms with Crippen LogP contribution >= 0.6 is 0 Å². The minimum atomic E-state index is -0.832. The highest BCUT2D eigenvalue weighted by Crippen LogP contribution is 2.13. The molecule has 0 bridgehead atoms. The average molecular weight is 941 g/mol. The summed E-state index contributed by atoms with van der Waals surface area (Å²) in [6.45, 7) is 6.29. The van der Waals surface area contributed by atoms with Crippen LogP contribution in [0, 0.1) is 0 Å². The zero-order valence-electron chi connectivity index (χ0n) is 43.8. The Balaban J connectivity index is 4.54. The molecule has 0 amide bonds. The molecule has 1 unspecified atom stereocenters. The molecule has 0 aromatic heterocycles. The first-order chi connectivity index (χ1) is 33.5. The normalized spacial score (nSPS) is 13.0. The van der Waals surface area contributed by atoms with Crippen molar-refractivity contribution in [3.63, 3.8) is 0 Å². The van der Waals surface area contributed by atoms with Crippen molar-refractivity contribution >= 4 is 17.9 Å². The molecule has 0 aromatic rings. The van der Waals surface area contributed by atoms with Crippen molar-refractivity contribution in [2.45, 2.75) is 239 Å². The van der Waals surface area contributed by atoms with E-state index in [1.165, 1.54) is 70.6 Å². The van der Waals surface area contributed by atoms with E-state index in [1.54, 1.807) is 6.08 Å². The fourth-order valence-corrected chi connectivity index (χ4v) is 7.15. The molecular weight excluding hydrogens is 841 g/mol. The number of hydrogen-bond donors (Lipinski definition) is 0. The Hall–Kier alpha value is -4.19. The van der Waals surface area contributed by atoms with Crippen molar-refractivity contribution in [1.29, 1.82) is 0 Å². The van der Waals surface area contributed by atoms with Gasteiger partial charge in [0.2, 0.25) is 0 Å². The summed E-state index contributed by atoms with van der Waals surface area (Å²) in [4.78, 5) is 38.0. The number of carbonyl (C=O) groups excluding carboxylic acids is 3. The second kappa shape index (κ2) is 55.4. The molecule has 0 N–H and O–H groups in total. The third-order valence-corrected chi connectivity index (χ3v) is 11.2. The molecule has 6 heteroatoms. The van der Waals surface area contributed by atoms with Crippen LogP contribution in [0.15, 0.2) is 122 Å². The smallest absolute Gasteiger partial charge is 0.309 e. The number of ether oxygens (including phenoxy) is 3. The van der Waals surface area contributed by atoms with E-state index in [0.29, 0.717) is 12.8 Å². The number of esters is 3. The zero-order chi connectivity index (χ0) is 49.3. The maximum absolute atomic E-state index is 12.8.